The van der Waals surface area contributed by atoms with Crippen LogP contribution in [0.25, 0.3) is 0 Å². The molecule has 2 rings (SSSR count). The summed E-state index contributed by atoms with van der Waals surface area (Å²) in [5.41, 5.74) is 0.394. The standard InChI is InChI=1S/C13H14ClNO3S/c1-2-7-15-19(17,18)12-8-10(5-6-11(12)14)13(16)9-3-4-9/h2,5-6,8-9,15H,1,3-4,7H2. The van der Waals surface area contributed by atoms with Crippen molar-refractivity contribution in [2.45, 2.75) is 17.7 Å². The zero-order chi connectivity index (χ0) is 14.0. The molecule has 0 radical (unpaired) electrons. The quantitative estimate of drug-likeness (QED) is 0.648. The van der Waals surface area contributed by atoms with Gasteiger partial charge in [-0.25, -0.2) is 13.1 Å². The van der Waals surface area contributed by atoms with E-state index >= 15 is 0 Å². The van der Waals surface area contributed by atoms with Crippen molar-refractivity contribution in [2.75, 3.05) is 6.54 Å². The van der Waals surface area contributed by atoms with Crippen LogP contribution in [0.5, 0.6) is 0 Å². The van der Waals surface area contributed by atoms with Gasteiger partial charge in [0.1, 0.15) is 4.90 Å². The third-order valence-corrected chi connectivity index (χ3v) is 4.78. The average Bonchev–Trinajstić information content (AvgIpc) is 3.20. The molecule has 0 aromatic heterocycles. The molecule has 0 saturated heterocycles. The number of sulfonamides is 1. The lowest BCUT2D eigenvalue weighted by Gasteiger charge is -2.08. The zero-order valence-corrected chi connectivity index (χ0v) is 11.8. The van der Waals surface area contributed by atoms with Crippen LogP contribution in [0.1, 0.15) is 23.2 Å². The molecular formula is C13H14ClNO3S. The molecule has 1 aromatic rings. The molecule has 1 N–H and O–H groups in total. The summed E-state index contributed by atoms with van der Waals surface area (Å²) < 4.78 is 26.4. The summed E-state index contributed by atoms with van der Waals surface area (Å²) in [5.74, 6) is 0.0229. The molecule has 1 aliphatic rings. The first kappa shape index (κ1) is 14.2. The molecule has 1 fully saturated rings. The van der Waals surface area contributed by atoms with Crippen molar-refractivity contribution in [1.82, 2.24) is 4.72 Å². The van der Waals surface area contributed by atoms with Gasteiger partial charge >= 0.3 is 0 Å². The van der Waals surface area contributed by atoms with Crippen LogP contribution in [0, 0.1) is 5.92 Å². The largest absolute Gasteiger partial charge is 0.294 e. The number of hydrogen-bond acceptors (Lipinski definition) is 3. The average molecular weight is 300 g/mol. The molecule has 1 aliphatic carbocycles. The van der Waals surface area contributed by atoms with Gasteiger partial charge in [0.2, 0.25) is 10.0 Å². The van der Waals surface area contributed by atoms with Crippen LogP contribution in [0.2, 0.25) is 5.02 Å². The molecular weight excluding hydrogens is 286 g/mol. The molecule has 0 bridgehead atoms. The minimum absolute atomic E-state index is 0.0168. The van der Waals surface area contributed by atoms with E-state index in [0.717, 1.165) is 12.8 Å². The first-order valence-corrected chi connectivity index (χ1v) is 7.76. The Balaban J connectivity index is 2.36. The normalized spacial score (nSPS) is 15.2. The Morgan fingerprint density at radius 3 is 2.74 bits per heavy atom. The topological polar surface area (TPSA) is 63.2 Å². The maximum Gasteiger partial charge on any atom is 0.242 e. The maximum absolute atomic E-state index is 12.0. The Labute approximate surface area is 117 Å². The van der Waals surface area contributed by atoms with Crippen LogP contribution in [0.3, 0.4) is 0 Å². The first-order valence-electron chi connectivity index (χ1n) is 5.90. The third kappa shape index (κ3) is 3.23. The van der Waals surface area contributed by atoms with Gasteiger partial charge in [-0.15, -0.1) is 6.58 Å². The van der Waals surface area contributed by atoms with E-state index in [4.69, 9.17) is 11.6 Å². The van der Waals surface area contributed by atoms with Gasteiger partial charge < -0.3 is 0 Å². The number of nitrogens with one attached hydrogen (secondary N) is 1. The Morgan fingerprint density at radius 1 is 1.47 bits per heavy atom. The van der Waals surface area contributed by atoms with E-state index in [-0.39, 0.29) is 28.2 Å². The number of carbonyl (C=O) groups is 1. The van der Waals surface area contributed by atoms with Crippen molar-refractivity contribution in [1.29, 1.82) is 0 Å². The second kappa shape index (κ2) is 5.45. The molecule has 0 atom stereocenters. The Morgan fingerprint density at radius 2 is 2.16 bits per heavy atom. The van der Waals surface area contributed by atoms with Gasteiger partial charge in [0.25, 0.3) is 0 Å². The molecule has 6 heteroatoms. The molecule has 0 heterocycles. The van der Waals surface area contributed by atoms with Crippen molar-refractivity contribution in [3.05, 3.63) is 41.4 Å². The lowest BCUT2D eigenvalue weighted by molar-refractivity contribution is 0.0967. The summed E-state index contributed by atoms with van der Waals surface area (Å²) in [6.45, 7) is 3.55. The first-order chi connectivity index (χ1) is 8.95. The lowest BCUT2D eigenvalue weighted by Crippen LogP contribution is -2.24. The highest BCUT2D eigenvalue weighted by Gasteiger charge is 2.31. The Bertz CT molecular complexity index is 621. The number of benzene rings is 1. The summed E-state index contributed by atoms with van der Waals surface area (Å²) in [4.78, 5) is 11.9. The second-order valence-corrected chi connectivity index (χ2v) is 6.57. The predicted molar refractivity (Wildman–Crippen MR) is 73.9 cm³/mol. The zero-order valence-electron chi connectivity index (χ0n) is 10.2. The van der Waals surface area contributed by atoms with E-state index in [9.17, 15) is 13.2 Å². The molecule has 0 aliphatic heterocycles. The molecule has 1 saturated carbocycles. The summed E-state index contributed by atoms with van der Waals surface area (Å²) in [5, 5.41) is 0.101. The monoisotopic (exact) mass is 299 g/mol. The van der Waals surface area contributed by atoms with E-state index in [1.54, 1.807) is 6.07 Å². The minimum Gasteiger partial charge on any atom is -0.294 e. The van der Waals surface area contributed by atoms with Crippen LogP contribution in [-0.2, 0) is 10.0 Å². The highest BCUT2D eigenvalue weighted by molar-refractivity contribution is 7.89. The van der Waals surface area contributed by atoms with Gasteiger partial charge in [-0.2, -0.15) is 0 Å². The summed E-state index contributed by atoms with van der Waals surface area (Å²) >= 11 is 5.90. The Kier molecular flexibility index (Phi) is 4.08. The van der Waals surface area contributed by atoms with Crippen LogP contribution >= 0.6 is 11.6 Å². The number of ketones is 1. The molecule has 4 nitrogen and oxygen atoms in total. The van der Waals surface area contributed by atoms with Crippen molar-refractivity contribution in [3.63, 3.8) is 0 Å². The van der Waals surface area contributed by atoms with Crippen LogP contribution in [0.15, 0.2) is 35.7 Å². The minimum atomic E-state index is -3.72. The summed E-state index contributed by atoms with van der Waals surface area (Å²) in [6.07, 6.45) is 3.18. The molecule has 0 spiro atoms. The fourth-order valence-corrected chi connectivity index (χ4v) is 3.21. The molecule has 1 aromatic carbocycles. The number of carbonyl (C=O) groups excluding carboxylic acids is 1. The molecule has 0 amide bonds. The van der Waals surface area contributed by atoms with E-state index < -0.39 is 10.0 Å². The molecule has 102 valence electrons. The maximum atomic E-state index is 12.0. The summed E-state index contributed by atoms with van der Waals surface area (Å²) in [7, 11) is -3.72. The second-order valence-electron chi connectivity index (χ2n) is 4.42. The van der Waals surface area contributed by atoms with Gasteiger partial charge in [0.05, 0.1) is 5.02 Å². The molecule has 19 heavy (non-hydrogen) atoms. The van der Waals surface area contributed by atoms with Crippen LogP contribution in [-0.4, -0.2) is 20.7 Å². The number of Topliss-reactive ketones (excluding diaryl/α,β-unsaturated/α-hetero) is 1. The predicted octanol–water partition coefficient (Wildman–Crippen LogP) is 2.40. The van der Waals surface area contributed by atoms with Crippen molar-refractivity contribution < 1.29 is 13.2 Å². The fraction of sp³-hybridized carbons (Fsp3) is 0.308. The third-order valence-electron chi connectivity index (χ3n) is 2.87. The SMILES string of the molecule is C=CCNS(=O)(=O)c1cc(C(=O)C2CC2)ccc1Cl. The Hall–Kier alpha value is -1.17. The lowest BCUT2D eigenvalue weighted by atomic mass is 10.1. The van der Waals surface area contributed by atoms with E-state index in [1.807, 2.05) is 0 Å². The van der Waals surface area contributed by atoms with Gasteiger partial charge in [-0.1, -0.05) is 17.7 Å². The van der Waals surface area contributed by atoms with Gasteiger partial charge in [-0.3, -0.25) is 4.79 Å². The summed E-state index contributed by atoms with van der Waals surface area (Å²) in [6, 6.07) is 4.35. The number of halogens is 1. The van der Waals surface area contributed by atoms with Gasteiger partial charge in [0.15, 0.2) is 5.78 Å². The van der Waals surface area contributed by atoms with E-state index in [2.05, 4.69) is 11.3 Å². The van der Waals surface area contributed by atoms with Gasteiger partial charge in [0, 0.05) is 18.0 Å². The highest BCUT2D eigenvalue weighted by Crippen LogP contribution is 2.34. The number of rotatable bonds is 6. The van der Waals surface area contributed by atoms with Gasteiger partial charge in [-0.05, 0) is 31.0 Å². The van der Waals surface area contributed by atoms with Crippen molar-refractivity contribution in [3.8, 4) is 0 Å². The van der Waals surface area contributed by atoms with Crippen molar-refractivity contribution >= 4 is 27.4 Å². The molecule has 0 unspecified atom stereocenters. The van der Waals surface area contributed by atoms with Crippen molar-refractivity contribution in [2.24, 2.45) is 5.92 Å². The highest BCUT2D eigenvalue weighted by atomic mass is 35.5. The smallest absolute Gasteiger partial charge is 0.242 e. The number of hydrogen-bond donors (Lipinski definition) is 1. The van der Waals surface area contributed by atoms with E-state index in [1.165, 1.54) is 18.2 Å². The van der Waals surface area contributed by atoms with E-state index in [0.29, 0.717) is 5.56 Å². The van der Waals surface area contributed by atoms with Crippen LogP contribution < -0.4 is 4.72 Å². The fourth-order valence-electron chi connectivity index (χ4n) is 1.69. The van der Waals surface area contributed by atoms with Crippen LogP contribution in [0.4, 0.5) is 0 Å².